The fourth-order valence-electron chi connectivity index (χ4n) is 1.33. The molecule has 0 N–H and O–H groups in total. The highest BCUT2D eigenvalue weighted by molar-refractivity contribution is 6.84. The zero-order valence-electron chi connectivity index (χ0n) is 11.7. The summed E-state index contributed by atoms with van der Waals surface area (Å²) in [6, 6.07) is 1.18. The summed E-state index contributed by atoms with van der Waals surface area (Å²) in [7, 11) is -4.38. The lowest BCUT2D eigenvalue weighted by atomic mass is 11.0. The molecule has 0 saturated heterocycles. The Morgan fingerprint density at radius 1 is 0.800 bits per heavy atom. The lowest BCUT2D eigenvalue weighted by Gasteiger charge is -2.34. The molecule has 0 spiro atoms. The van der Waals surface area contributed by atoms with Crippen LogP contribution in [0.5, 0.6) is 0 Å². The minimum atomic E-state index is -1.59. The van der Waals surface area contributed by atoms with E-state index in [0.717, 1.165) is 6.23 Å². The highest BCUT2D eigenvalue weighted by atomic mass is 28.4. The van der Waals surface area contributed by atoms with Gasteiger partial charge in [0.25, 0.3) is 0 Å². The van der Waals surface area contributed by atoms with Crippen LogP contribution in [0.25, 0.3) is 0 Å². The van der Waals surface area contributed by atoms with Crippen molar-refractivity contribution >= 4 is 25.0 Å². The normalized spacial score (nSPS) is 14.4. The van der Waals surface area contributed by atoms with Crippen molar-refractivity contribution in [1.82, 2.24) is 0 Å². The molecule has 0 amide bonds. The summed E-state index contributed by atoms with van der Waals surface area (Å²) >= 11 is 0. The summed E-state index contributed by atoms with van der Waals surface area (Å²) in [5, 5.41) is 0. The molecule has 0 bridgehead atoms. The van der Waals surface area contributed by atoms with Crippen molar-refractivity contribution in [1.29, 1.82) is 0 Å². The maximum absolute atomic E-state index is 6.24. The summed E-state index contributed by atoms with van der Waals surface area (Å²) < 4.78 is 12.3. The van der Waals surface area contributed by atoms with E-state index in [2.05, 4.69) is 52.8 Å². The van der Waals surface area contributed by atoms with Gasteiger partial charge < -0.3 is 8.54 Å². The molecule has 5 heteroatoms. The standard InChI is InChI=1S/C10H28O2Si3/c1-9-14(5,6)11-10-15(7,8)12-13(2,3)4/h9-10H2,1-8H3. The molecule has 0 aliphatic rings. The average Bonchev–Trinajstić information content (AvgIpc) is 1.97. The topological polar surface area (TPSA) is 18.5 Å². The van der Waals surface area contributed by atoms with E-state index in [4.69, 9.17) is 8.54 Å². The zero-order valence-corrected chi connectivity index (χ0v) is 14.7. The molecule has 2 nitrogen and oxygen atoms in total. The smallest absolute Gasteiger partial charge is 0.198 e. The highest BCUT2D eigenvalue weighted by Gasteiger charge is 2.32. The van der Waals surface area contributed by atoms with E-state index in [-0.39, 0.29) is 0 Å². The molecule has 0 aromatic carbocycles. The Hall–Kier alpha value is 0.571. The van der Waals surface area contributed by atoms with Crippen LogP contribution in [0, 0.1) is 0 Å². The minimum Gasteiger partial charge on any atom is -0.454 e. The van der Waals surface area contributed by atoms with Gasteiger partial charge in [-0.3, -0.25) is 0 Å². The molecule has 0 aliphatic heterocycles. The molecule has 0 aromatic heterocycles. The predicted molar refractivity (Wildman–Crippen MR) is 75.8 cm³/mol. The van der Waals surface area contributed by atoms with Crippen LogP contribution in [0.15, 0.2) is 0 Å². The zero-order chi connectivity index (χ0) is 12.3. The van der Waals surface area contributed by atoms with Gasteiger partial charge in [0, 0.05) is 0 Å². The molecule has 0 heterocycles. The van der Waals surface area contributed by atoms with Gasteiger partial charge in [-0.1, -0.05) is 6.92 Å². The van der Waals surface area contributed by atoms with Gasteiger partial charge in [-0.2, -0.15) is 0 Å². The Balaban J connectivity index is 4.16. The largest absolute Gasteiger partial charge is 0.454 e. The number of hydrogen-bond donors (Lipinski definition) is 0. The summed E-state index contributed by atoms with van der Waals surface area (Å²) in [6.07, 6.45) is 0.865. The third-order valence-electron chi connectivity index (χ3n) is 2.24. The van der Waals surface area contributed by atoms with E-state index >= 15 is 0 Å². The van der Waals surface area contributed by atoms with Crippen molar-refractivity contribution in [3.63, 3.8) is 0 Å². The second-order valence-electron chi connectivity index (χ2n) is 6.38. The van der Waals surface area contributed by atoms with Crippen LogP contribution in [-0.2, 0) is 8.54 Å². The van der Waals surface area contributed by atoms with Crippen molar-refractivity contribution < 1.29 is 8.54 Å². The van der Waals surface area contributed by atoms with E-state index in [1.54, 1.807) is 0 Å². The van der Waals surface area contributed by atoms with E-state index < -0.39 is 25.0 Å². The average molecular weight is 265 g/mol. The van der Waals surface area contributed by atoms with E-state index in [1.165, 1.54) is 6.04 Å². The SMILES string of the molecule is CC[Si](C)(C)OC[Si](C)(C)O[Si](C)(C)C. The van der Waals surface area contributed by atoms with Crippen molar-refractivity contribution in [2.75, 3.05) is 6.23 Å². The quantitative estimate of drug-likeness (QED) is 0.679. The second-order valence-corrected chi connectivity index (χ2v) is 19.7. The maximum atomic E-state index is 6.24. The Morgan fingerprint density at radius 3 is 1.60 bits per heavy atom. The molecule has 0 rings (SSSR count). The summed E-state index contributed by atoms with van der Waals surface area (Å²) in [5.74, 6) is 0. The maximum Gasteiger partial charge on any atom is 0.198 e. The molecular formula is C10H28O2Si3. The van der Waals surface area contributed by atoms with E-state index in [1.807, 2.05) is 0 Å². The van der Waals surface area contributed by atoms with Crippen LogP contribution in [0.3, 0.4) is 0 Å². The van der Waals surface area contributed by atoms with Gasteiger partial charge >= 0.3 is 0 Å². The Bertz CT molecular complexity index is 197. The first-order valence-electron chi connectivity index (χ1n) is 5.82. The van der Waals surface area contributed by atoms with Crippen LogP contribution in [-0.4, -0.2) is 31.2 Å². The van der Waals surface area contributed by atoms with Gasteiger partial charge in [0.05, 0.1) is 6.23 Å². The molecule has 15 heavy (non-hydrogen) atoms. The molecule has 0 radical (unpaired) electrons. The lowest BCUT2D eigenvalue weighted by molar-refractivity contribution is 0.343. The molecule has 0 unspecified atom stereocenters. The van der Waals surface area contributed by atoms with Gasteiger partial charge in [0.1, 0.15) is 0 Å². The van der Waals surface area contributed by atoms with E-state index in [0.29, 0.717) is 0 Å². The van der Waals surface area contributed by atoms with Crippen molar-refractivity contribution in [2.24, 2.45) is 0 Å². The number of rotatable bonds is 6. The van der Waals surface area contributed by atoms with Crippen LogP contribution < -0.4 is 0 Å². The van der Waals surface area contributed by atoms with Gasteiger partial charge in [-0.25, -0.2) is 0 Å². The fraction of sp³-hybridized carbons (Fsp3) is 1.00. The second kappa shape index (κ2) is 5.27. The Labute approximate surface area is 98.8 Å². The van der Waals surface area contributed by atoms with Crippen LogP contribution >= 0.6 is 0 Å². The van der Waals surface area contributed by atoms with Crippen molar-refractivity contribution in [2.45, 2.75) is 58.8 Å². The molecule has 0 atom stereocenters. The van der Waals surface area contributed by atoms with Crippen LogP contribution in [0.2, 0.25) is 51.9 Å². The summed E-state index contributed by atoms with van der Waals surface area (Å²) in [5.41, 5.74) is 0. The summed E-state index contributed by atoms with van der Waals surface area (Å²) in [6.45, 7) is 18.1. The van der Waals surface area contributed by atoms with Crippen molar-refractivity contribution in [3.05, 3.63) is 0 Å². The molecule has 0 saturated carbocycles. The van der Waals surface area contributed by atoms with Crippen molar-refractivity contribution in [3.8, 4) is 0 Å². The first-order valence-corrected chi connectivity index (χ1v) is 15.5. The fourth-order valence-corrected chi connectivity index (χ4v) is 11.4. The summed E-state index contributed by atoms with van der Waals surface area (Å²) in [4.78, 5) is 0. The Kier molecular flexibility index (Phi) is 5.47. The predicted octanol–water partition coefficient (Wildman–Crippen LogP) is 3.82. The van der Waals surface area contributed by atoms with Crippen LogP contribution in [0.4, 0.5) is 0 Å². The van der Waals surface area contributed by atoms with Gasteiger partial charge in [-0.05, 0) is 51.9 Å². The third kappa shape index (κ3) is 8.39. The first kappa shape index (κ1) is 15.6. The molecular weight excluding hydrogens is 236 g/mol. The lowest BCUT2D eigenvalue weighted by Crippen LogP contribution is -2.48. The molecule has 0 aromatic rings. The van der Waals surface area contributed by atoms with Gasteiger partial charge in [0.2, 0.25) is 0 Å². The Morgan fingerprint density at radius 2 is 1.27 bits per heavy atom. The molecule has 0 fully saturated rings. The number of hydrogen-bond acceptors (Lipinski definition) is 2. The minimum absolute atomic E-state index is 0.865. The van der Waals surface area contributed by atoms with E-state index in [9.17, 15) is 0 Å². The highest BCUT2D eigenvalue weighted by Crippen LogP contribution is 2.18. The third-order valence-corrected chi connectivity index (χ3v) is 10.7. The van der Waals surface area contributed by atoms with Gasteiger partial charge in [0.15, 0.2) is 25.0 Å². The van der Waals surface area contributed by atoms with Gasteiger partial charge in [-0.15, -0.1) is 0 Å². The molecule has 92 valence electrons. The monoisotopic (exact) mass is 264 g/mol. The molecule has 0 aliphatic carbocycles. The first-order chi connectivity index (χ1) is 6.47. The van der Waals surface area contributed by atoms with Crippen LogP contribution in [0.1, 0.15) is 6.92 Å².